The van der Waals surface area contributed by atoms with Crippen molar-refractivity contribution in [1.29, 1.82) is 0 Å². The number of nitrogens with zero attached hydrogens (tertiary/aromatic N) is 1. The van der Waals surface area contributed by atoms with Crippen LogP contribution in [0.15, 0.2) is 60.8 Å². The number of pyridine rings is 1. The van der Waals surface area contributed by atoms with Gasteiger partial charge in [-0.25, -0.2) is 9.78 Å². The number of ether oxygens (including phenoxy) is 1. The molecule has 22 heavy (non-hydrogen) atoms. The second-order valence-corrected chi connectivity index (χ2v) is 4.65. The van der Waals surface area contributed by atoms with Crippen molar-refractivity contribution in [2.45, 2.75) is 6.61 Å². The molecule has 0 amide bonds. The Hall–Kier alpha value is -2.59. The van der Waals surface area contributed by atoms with Gasteiger partial charge in [-0.05, 0) is 29.0 Å². The molecule has 0 radical (unpaired) electrons. The van der Waals surface area contributed by atoms with Gasteiger partial charge in [-0.2, -0.15) is 0 Å². The second-order valence-electron chi connectivity index (χ2n) is 4.65. The molecule has 0 fully saturated rings. The van der Waals surface area contributed by atoms with E-state index < -0.39 is 5.97 Å². The summed E-state index contributed by atoms with van der Waals surface area (Å²) in [6.45, 7) is 0.352. The molecule has 0 spiro atoms. The lowest BCUT2D eigenvalue weighted by Gasteiger charge is -2.07. The molecule has 1 N–H and O–H groups in total. The molecule has 1 heterocycles. The Balaban J connectivity index is 0.00000176. The summed E-state index contributed by atoms with van der Waals surface area (Å²) in [6.07, 6.45) is 1.52. The van der Waals surface area contributed by atoms with Gasteiger partial charge in [-0.1, -0.05) is 36.4 Å². The molecule has 112 valence electrons. The third-order valence-electron chi connectivity index (χ3n) is 3.17. The maximum atomic E-state index is 10.7. The molecule has 3 aromatic rings. The molecular formula is C17H14ClNO3. The summed E-state index contributed by atoms with van der Waals surface area (Å²) in [7, 11) is 0. The highest BCUT2D eigenvalue weighted by Crippen LogP contribution is 2.21. The van der Waals surface area contributed by atoms with Gasteiger partial charge < -0.3 is 9.84 Å². The first-order valence-electron chi connectivity index (χ1n) is 6.52. The van der Waals surface area contributed by atoms with Crippen LogP contribution in [0.2, 0.25) is 0 Å². The lowest BCUT2D eigenvalue weighted by molar-refractivity contribution is 0.0690. The Bertz CT molecular complexity index is 787. The van der Waals surface area contributed by atoms with E-state index in [0.29, 0.717) is 6.61 Å². The van der Waals surface area contributed by atoms with E-state index in [-0.39, 0.29) is 18.1 Å². The van der Waals surface area contributed by atoms with Crippen molar-refractivity contribution in [1.82, 2.24) is 4.98 Å². The van der Waals surface area contributed by atoms with Crippen LogP contribution in [0, 0.1) is 0 Å². The molecule has 5 heteroatoms. The lowest BCUT2D eigenvalue weighted by Crippen LogP contribution is -2.02. The van der Waals surface area contributed by atoms with E-state index >= 15 is 0 Å². The van der Waals surface area contributed by atoms with Crippen LogP contribution in [-0.2, 0) is 6.61 Å². The number of aromatic nitrogens is 1. The third kappa shape index (κ3) is 3.54. The van der Waals surface area contributed by atoms with Crippen LogP contribution >= 0.6 is 12.4 Å². The van der Waals surface area contributed by atoms with Crippen molar-refractivity contribution in [2.75, 3.05) is 0 Å². The Labute approximate surface area is 133 Å². The van der Waals surface area contributed by atoms with E-state index in [1.807, 2.05) is 42.5 Å². The Morgan fingerprint density at radius 2 is 1.82 bits per heavy atom. The summed E-state index contributed by atoms with van der Waals surface area (Å²) in [6, 6.07) is 17.2. The summed E-state index contributed by atoms with van der Waals surface area (Å²) in [4.78, 5) is 14.6. The molecule has 0 saturated carbocycles. The molecule has 4 nitrogen and oxygen atoms in total. The highest BCUT2D eigenvalue weighted by molar-refractivity contribution is 5.85. The van der Waals surface area contributed by atoms with Crippen LogP contribution in [0.25, 0.3) is 10.8 Å². The SMILES string of the molecule is Cl.O=C(O)c1ccc(COc2ccc3ccccc3c2)cn1. The van der Waals surface area contributed by atoms with Gasteiger partial charge in [0.2, 0.25) is 0 Å². The van der Waals surface area contributed by atoms with Crippen molar-refractivity contribution in [3.05, 3.63) is 72.1 Å². The number of carbonyl (C=O) groups is 1. The van der Waals surface area contributed by atoms with Crippen LogP contribution in [0.5, 0.6) is 5.75 Å². The van der Waals surface area contributed by atoms with Crippen LogP contribution in [0.4, 0.5) is 0 Å². The highest BCUT2D eigenvalue weighted by atomic mass is 35.5. The monoisotopic (exact) mass is 315 g/mol. The number of hydrogen-bond donors (Lipinski definition) is 1. The van der Waals surface area contributed by atoms with Gasteiger partial charge in [-0.3, -0.25) is 0 Å². The van der Waals surface area contributed by atoms with Crippen molar-refractivity contribution in [2.24, 2.45) is 0 Å². The minimum atomic E-state index is -1.03. The Morgan fingerprint density at radius 1 is 1.05 bits per heavy atom. The maximum absolute atomic E-state index is 10.7. The number of benzene rings is 2. The van der Waals surface area contributed by atoms with Gasteiger partial charge in [0.15, 0.2) is 0 Å². The third-order valence-corrected chi connectivity index (χ3v) is 3.17. The number of rotatable bonds is 4. The van der Waals surface area contributed by atoms with E-state index in [1.165, 1.54) is 12.3 Å². The molecule has 0 aliphatic carbocycles. The fourth-order valence-electron chi connectivity index (χ4n) is 2.06. The molecule has 1 aromatic heterocycles. The summed E-state index contributed by atoms with van der Waals surface area (Å²) in [5.41, 5.74) is 0.859. The zero-order valence-corrected chi connectivity index (χ0v) is 12.4. The molecule has 0 unspecified atom stereocenters. The van der Waals surface area contributed by atoms with E-state index in [1.54, 1.807) is 6.07 Å². The van der Waals surface area contributed by atoms with Crippen LogP contribution < -0.4 is 4.74 Å². The second kappa shape index (κ2) is 6.91. The first-order valence-corrected chi connectivity index (χ1v) is 6.52. The van der Waals surface area contributed by atoms with Crippen LogP contribution in [-0.4, -0.2) is 16.1 Å². The van der Waals surface area contributed by atoms with Crippen molar-refractivity contribution in [3.63, 3.8) is 0 Å². The van der Waals surface area contributed by atoms with Gasteiger partial charge in [0.1, 0.15) is 18.1 Å². The van der Waals surface area contributed by atoms with Crippen molar-refractivity contribution >= 4 is 29.1 Å². The summed E-state index contributed by atoms with van der Waals surface area (Å²) in [5.74, 6) is -0.256. The fourth-order valence-corrected chi connectivity index (χ4v) is 2.06. The maximum Gasteiger partial charge on any atom is 0.354 e. The summed E-state index contributed by atoms with van der Waals surface area (Å²) in [5, 5.41) is 11.1. The standard InChI is InChI=1S/C17H13NO3.ClH/c19-17(20)16-8-5-12(10-18-16)11-21-15-7-6-13-3-1-2-4-14(13)9-15;/h1-10H,11H2,(H,19,20);1H. The van der Waals surface area contributed by atoms with Gasteiger partial charge in [0, 0.05) is 11.8 Å². The van der Waals surface area contributed by atoms with Gasteiger partial charge >= 0.3 is 5.97 Å². The molecule has 3 rings (SSSR count). The molecule has 0 saturated heterocycles. The molecular weight excluding hydrogens is 302 g/mol. The number of hydrogen-bond acceptors (Lipinski definition) is 3. The molecule has 0 atom stereocenters. The first-order chi connectivity index (χ1) is 10.2. The zero-order chi connectivity index (χ0) is 14.7. The highest BCUT2D eigenvalue weighted by Gasteiger charge is 2.04. The summed E-state index contributed by atoms with van der Waals surface area (Å²) < 4.78 is 5.71. The van der Waals surface area contributed by atoms with E-state index in [9.17, 15) is 4.79 Å². The van der Waals surface area contributed by atoms with E-state index in [4.69, 9.17) is 9.84 Å². The molecule has 0 bridgehead atoms. The largest absolute Gasteiger partial charge is 0.489 e. The summed E-state index contributed by atoms with van der Waals surface area (Å²) >= 11 is 0. The molecule has 2 aromatic carbocycles. The normalized spacial score (nSPS) is 10.0. The number of aromatic carboxylic acids is 1. The quantitative estimate of drug-likeness (QED) is 0.792. The number of carboxylic acid groups (broad SMARTS) is 1. The topological polar surface area (TPSA) is 59.4 Å². The predicted octanol–water partition coefficient (Wildman–Crippen LogP) is 3.93. The van der Waals surface area contributed by atoms with Gasteiger partial charge in [0.25, 0.3) is 0 Å². The van der Waals surface area contributed by atoms with E-state index in [2.05, 4.69) is 4.98 Å². The Kier molecular flexibility index (Phi) is 4.96. The zero-order valence-electron chi connectivity index (χ0n) is 11.6. The minimum Gasteiger partial charge on any atom is -0.489 e. The van der Waals surface area contributed by atoms with Crippen LogP contribution in [0.3, 0.4) is 0 Å². The van der Waals surface area contributed by atoms with E-state index in [0.717, 1.165) is 22.1 Å². The minimum absolute atomic E-state index is 0. The number of halogens is 1. The average Bonchev–Trinajstić information content (AvgIpc) is 2.53. The smallest absolute Gasteiger partial charge is 0.354 e. The Morgan fingerprint density at radius 3 is 2.50 bits per heavy atom. The van der Waals surface area contributed by atoms with Crippen molar-refractivity contribution < 1.29 is 14.6 Å². The average molecular weight is 316 g/mol. The first kappa shape index (κ1) is 15.8. The molecule has 0 aliphatic heterocycles. The van der Waals surface area contributed by atoms with Crippen LogP contribution in [0.1, 0.15) is 16.1 Å². The van der Waals surface area contributed by atoms with Crippen molar-refractivity contribution in [3.8, 4) is 5.75 Å². The lowest BCUT2D eigenvalue weighted by atomic mass is 10.1. The van der Waals surface area contributed by atoms with Gasteiger partial charge in [-0.15, -0.1) is 12.4 Å². The predicted molar refractivity (Wildman–Crippen MR) is 86.7 cm³/mol. The fraction of sp³-hybridized carbons (Fsp3) is 0.0588. The number of carboxylic acids is 1. The number of fused-ring (bicyclic) bond motifs is 1. The molecule has 0 aliphatic rings. The van der Waals surface area contributed by atoms with Gasteiger partial charge in [0.05, 0.1) is 0 Å².